The quantitative estimate of drug-likeness (QED) is 0.486. The monoisotopic (exact) mass is 292 g/mol. The fourth-order valence-electron chi connectivity index (χ4n) is 1.84. The third-order valence-electron chi connectivity index (χ3n) is 2.73. The lowest BCUT2D eigenvalue weighted by molar-refractivity contribution is -0.122. The number of hydrazine groups is 1. The first-order valence-corrected chi connectivity index (χ1v) is 6.89. The van der Waals surface area contributed by atoms with E-state index in [1.807, 2.05) is 33.8 Å². The number of nitrogens with one attached hydrogen (secondary N) is 3. The Morgan fingerprint density at radius 2 is 1.90 bits per heavy atom. The molecule has 6 nitrogen and oxygen atoms in total. The van der Waals surface area contributed by atoms with Gasteiger partial charge in [-0.3, -0.25) is 15.4 Å². The molecule has 0 unspecified atom stereocenters. The van der Waals surface area contributed by atoms with Crippen LogP contribution in [0, 0.1) is 6.92 Å². The number of aryl methyl sites for hydroxylation is 1. The maximum Gasteiger partial charge on any atom is 0.253 e. The molecule has 0 radical (unpaired) electrons. The molecule has 0 atom stereocenters. The van der Waals surface area contributed by atoms with Gasteiger partial charge in [-0.15, -0.1) is 0 Å². The predicted octanol–water partition coefficient (Wildman–Crippen LogP) is 1.32. The van der Waals surface area contributed by atoms with Gasteiger partial charge in [0, 0.05) is 18.5 Å². The molecule has 2 amide bonds. The van der Waals surface area contributed by atoms with Gasteiger partial charge in [-0.2, -0.15) is 0 Å². The third kappa shape index (κ3) is 5.83. The average molecular weight is 292 g/mol. The van der Waals surface area contributed by atoms with Gasteiger partial charge >= 0.3 is 0 Å². The van der Waals surface area contributed by atoms with Gasteiger partial charge in [0.25, 0.3) is 5.91 Å². The maximum absolute atomic E-state index is 12.1. The van der Waals surface area contributed by atoms with E-state index < -0.39 is 0 Å². The van der Waals surface area contributed by atoms with Gasteiger partial charge < -0.3 is 16.1 Å². The smallest absolute Gasteiger partial charge is 0.253 e. The van der Waals surface area contributed by atoms with E-state index in [1.165, 1.54) is 0 Å². The van der Waals surface area contributed by atoms with Gasteiger partial charge in [0.1, 0.15) is 0 Å². The Kier molecular flexibility index (Phi) is 5.72. The van der Waals surface area contributed by atoms with Crippen molar-refractivity contribution in [2.75, 3.05) is 12.0 Å². The van der Waals surface area contributed by atoms with Crippen molar-refractivity contribution >= 4 is 17.5 Å². The minimum atomic E-state index is -0.269. The maximum atomic E-state index is 12.1. The van der Waals surface area contributed by atoms with E-state index in [-0.39, 0.29) is 30.3 Å². The second-order valence-electron chi connectivity index (χ2n) is 6.00. The number of anilines is 1. The van der Waals surface area contributed by atoms with Gasteiger partial charge in [-0.25, -0.2) is 0 Å². The molecule has 0 saturated heterocycles. The molecule has 0 aliphatic heterocycles. The topological polar surface area (TPSA) is 96.2 Å². The fourth-order valence-corrected chi connectivity index (χ4v) is 1.84. The number of hydrogen-bond acceptors (Lipinski definition) is 4. The normalized spacial score (nSPS) is 10.9. The molecule has 1 aromatic rings. The molecule has 0 bridgehead atoms. The zero-order valence-electron chi connectivity index (χ0n) is 13.0. The van der Waals surface area contributed by atoms with Gasteiger partial charge in [-0.05, 0) is 45.4 Å². The highest BCUT2D eigenvalue weighted by molar-refractivity contribution is 5.99. The third-order valence-corrected chi connectivity index (χ3v) is 2.73. The Hall–Kier alpha value is -2.08. The zero-order valence-corrected chi connectivity index (χ0v) is 13.0. The molecule has 0 saturated carbocycles. The first-order chi connectivity index (χ1) is 9.73. The van der Waals surface area contributed by atoms with Crippen LogP contribution in [0.3, 0.4) is 0 Å². The van der Waals surface area contributed by atoms with Crippen molar-refractivity contribution in [1.29, 1.82) is 0 Å². The Balaban J connectivity index is 2.53. The fraction of sp³-hybridized carbons (Fsp3) is 0.467. The Morgan fingerprint density at radius 1 is 1.24 bits per heavy atom. The van der Waals surface area contributed by atoms with Crippen molar-refractivity contribution in [2.24, 2.45) is 5.84 Å². The summed E-state index contributed by atoms with van der Waals surface area (Å²) in [5, 5.41) is 5.55. The summed E-state index contributed by atoms with van der Waals surface area (Å²) < 4.78 is 0. The highest BCUT2D eigenvalue weighted by Crippen LogP contribution is 2.16. The van der Waals surface area contributed by atoms with Gasteiger partial charge in [0.15, 0.2) is 0 Å². The number of rotatable bonds is 5. The standard InChI is InChI=1S/C15H24N4O2/c1-10-5-6-11(12(9-10)19-16)14(21)17-8-7-13(20)18-15(2,3)4/h5-6,9,19H,7-8,16H2,1-4H3,(H,17,21)(H,18,20). The number of hydrogen-bond donors (Lipinski definition) is 4. The molecule has 0 aliphatic rings. The van der Waals surface area contributed by atoms with Crippen LogP contribution in [-0.2, 0) is 4.79 Å². The largest absolute Gasteiger partial charge is 0.351 e. The van der Waals surface area contributed by atoms with E-state index in [4.69, 9.17) is 5.84 Å². The van der Waals surface area contributed by atoms with Crippen LogP contribution in [0.5, 0.6) is 0 Å². The summed E-state index contributed by atoms with van der Waals surface area (Å²) in [6, 6.07) is 5.33. The van der Waals surface area contributed by atoms with E-state index in [9.17, 15) is 9.59 Å². The van der Waals surface area contributed by atoms with E-state index in [1.54, 1.807) is 12.1 Å². The van der Waals surface area contributed by atoms with Crippen molar-refractivity contribution in [3.8, 4) is 0 Å². The predicted molar refractivity (Wildman–Crippen MR) is 83.8 cm³/mol. The van der Waals surface area contributed by atoms with Crippen LogP contribution < -0.4 is 21.9 Å². The number of carbonyl (C=O) groups excluding carboxylic acids is 2. The number of amides is 2. The van der Waals surface area contributed by atoms with Crippen LogP contribution in [0.25, 0.3) is 0 Å². The van der Waals surface area contributed by atoms with Crippen molar-refractivity contribution in [2.45, 2.75) is 39.7 Å². The number of nitrogens with two attached hydrogens (primary N) is 1. The molecule has 1 aromatic carbocycles. The summed E-state index contributed by atoms with van der Waals surface area (Å²) in [4.78, 5) is 23.7. The second-order valence-corrected chi connectivity index (χ2v) is 6.00. The SMILES string of the molecule is Cc1ccc(C(=O)NCCC(=O)NC(C)(C)C)c(NN)c1. The van der Waals surface area contributed by atoms with Crippen LogP contribution in [0.15, 0.2) is 18.2 Å². The van der Waals surface area contributed by atoms with Crippen LogP contribution in [0.1, 0.15) is 43.1 Å². The lowest BCUT2D eigenvalue weighted by Crippen LogP contribution is -2.42. The lowest BCUT2D eigenvalue weighted by atomic mass is 10.1. The van der Waals surface area contributed by atoms with Crippen molar-refractivity contribution < 1.29 is 9.59 Å². The first-order valence-electron chi connectivity index (χ1n) is 6.89. The molecular formula is C15H24N4O2. The number of benzene rings is 1. The Morgan fingerprint density at radius 3 is 2.48 bits per heavy atom. The highest BCUT2D eigenvalue weighted by Gasteiger charge is 2.14. The Bertz CT molecular complexity index is 521. The summed E-state index contributed by atoms with van der Waals surface area (Å²) in [6.45, 7) is 7.93. The van der Waals surface area contributed by atoms with Crippen molar-refractivity contribution in [1.82, 2.24) is 10.6 Å². The van der Waals surface area contributed by atoms with Crippen LogP contribution in [0.4, 0.5) is 5.69 Å². The molecule has 1 rings (SSSR count). The van der Waals surface area contributed by atoms with Crippen LogP contribution >= 0.6 is 0 Å². The lowest BCUT2D eigenvalue weighted by Gasteiger charge is -2.20. The van der Waals surface area contributed by atoms with E-state index in [0.29, 0.717) is 11.3 Å². The van der Waals surface area contributed by atoms with Gasteiger partial charge in [0.05, 0.1) is 11.3 Å². The van der Waals surface area contributed by atoms with Crippen LogP contribution in [-0.4, -0.2) is 23.9 Å². The molecule has 0 heterocycles. The summed E-state index contributed by atoms with van der Waals surface area (Å²) in [5.74, 6) is 5.06. The van der Waals surface area contributed by atoms with Gasteiger partial charge in [-0.1, -0.05) is 6.07 Å². The number of carbonyl (C=O) groups is 2. The van der Waals surface area contributed by atoms with E-state index in [2.05, 4.69) is 16.1 Å². The first kappa shape index (κ1) is 17.0. The van der Waals surface area contributed by atoms with Crippen LogP contribution in [0.2, 0.25) is 0 Å². The van der Waals surface area contributed by atoms with Crippen molar-refractivity contribution in [3.05, 3.63) is 29.3 Å². The molecule has 0 aromatic heterocycles. The molecule has 0 aliphatic carbocycles. The molecule has 5 N–H and O–H groups in total. The summed E-state index contributed by atoms with van der Waals surface area (Å²) in [5.41, 5.74) is 4.26. The molecule has 116 valence electrons. The summed E-state index contributed by atoms with van der Waals surface area (Å²) >= 11 is 0. The average Bonchev–Trinajstić information content (AvgIpc) is 2.36. The molecule has 6 heteroatoms. The minimum absolute atomic E-state index is 0.0936. The molecule has 21 heavy (non-hydrogen) atoms. The molecule has 0 spiro atoms. The van der Waals surface area contributed by atoms with E-state index in [0.717, 1.165) is 5.56 Å². The second kappa shape index (κ2) is 7.08. The molecular weight excluding hydrogens is 268 g/mol. The summed E-state index contributed by atoms with van der Waals surface area (Å²) in [6.07, 6.45) is 0.236. The summed E-state index contributed by atoms with van der Waals surface area (Å²) in [7, 11) is 0. The highest BCUT2D eigenvalue weighted by atomic mass is 16.2. The number of nitrogen functional groups attached to an aromatic ring is 1. The zero-order chi connectivity index (χ0) is 16.0. The minimum Gasteiger partial charge on any atom is -0.351 e. The van der Waals surface area contributed by atoms with E-state index >= 15 is 0 Å². The molecule has 0 fully saturated rings. The van der Waals surface area contributed by atoms with Gasteiger partial charge in [0.2, 0.25) is 5.91 Å². The van der Waals surface area contributed by atoms with Crippen molar-refractivity contribution in [3.63, 3.8) is 0 Å². The Labute approximate surface area is 125 Å².